The van der Waals surface area contributed by atoms with Crippen molar-refractivity contribution in [3.63, 3.8) is 0 Å². The Kier molecular flexibility index (Phi) is 4.63. The minimum absolute atomic E-state index is 0.342. The molecule has 0 aliphatic carbocycles. The van der Waals surface area contributed by atoms with Crippen molar-refractivity contribution in [2.75, 3.05) is 32.0 Å². The van der Waals surface area contributed by atoms with Crippen LogP contribution in [0.25, 0.3) is 0 Å². The number of aromatic nitrogens is 2. The van der Waals surface area contributed by atoms with Crippen LogP contribution < -0.4 is 5.32 Å². The lowest BCUT2D eigenvalue weighted by atomic mass is 9.80. The highest BCUT2D eigenvalue weighted by atomic mass is 35.5. The monoisotopic (exact) mass is 282 g/mol. The normalized spacial score (nSPS) is 19.4. The van der Waals surface area contributed by atoms with Crippen molar-refractivity contribution in [1.82, 2.24) is 14.9 Å². The van der Waals surface area contributed by atoms with Crippen molar-refractivity contribution in [2.45, 2.75) is 33.1 Å². The average Bonchev–Trinajstić information content (AvgIpc) is 2.40. The van der Waals surface area contributed by atoms with Crippen LogP contribution in [0.1, 0.15) is 32.3 Å². The minimum atomic E-state index is 0.342. The zero-order chi connectivity index (χ0) is 13.9. The van der Waals surface area contributed by atoms with Crippen LogP contribution in [0.3, 0.4) is 0 Å². The third-order valence-corrected chi connectivity index (χ3v) is 4.45. The maximum atomic E-state index is 6.11. The molecule has 1 aromatic rings. The molecule has 19 heavy (non-hydrogen) atoms. The van der Waals surface area contributed by atoms with Gasteiger partial charge in [0.25, 0.3) is 0 Å². The van der Waals surface area contributed by atoms with Crippen LogP contribution in [-0.2, 0) is 6.42 Å². The van der Waals surface area contributed by atoms with E-state index in [1.165, 1.54) is 32.3 Å². The molecule has 1 N–H and O–H groups in total. The molecule has 0 atom stereocenters. The fourth-order valence-electron chi connectivity index (χ4n) is 2.49. The highest BCUT2D eigenvalue weighted by Gasteiger charge is 2.28. The Labute approximate surface area is 120 Å². The van der Waals surface area contributed by atoms with Gasteiger partial charge in [-0.1, -0.05) is 25.4 Å². The number of hydrogen-bond donors (Lipinski definition) is 1. The van der Waals surface area contributed by atoms with Gasteiger partial charge in [-0.3, -0.25) is 0 Å². The summed E-state index contributed by atoms with van der Waals surface area (Å²) in [5.41, 5.74) is 1.36. The summed E-state index contributed by atoms with van der Waals surface area (Å²) in [4.78, 5) is 10.8. The molecule has 4 nitrogen and oxygen atoms in total. The molecular formula is C14H23ClN4. The molecule has 2 heterocycles. The number of piperidine rings is 1. The van der Waals surface area contributed by atoms with E-state index in [1.54, 1.807) is 0 Å². The summed E-state index contributed by atoms with van der Waals surface area (Å²) in [6, 6.07) is 0. The van der Waals surface area contributed by atoms with E-state index in [-0.39, 0.29) is 0 Å². The van der Waals surface area contributed by atoms with Crippen LogP contribution in [0.4, 0.5) is 5.82 Å². The number of nitrogens with one attached hydrogen (secondary N) is 1. The van der Waals surface area contributed by atoms with Gasteiger partial charge in [-0.05, 0) is 44.8 Å². The first kappa shape index (κ1) is 14.5. The lowest BCUT2D eigenvalue weighted by Crippen LogP contribution is -2.40. The summed E-state index contributed by atoms with van der Waals surface area (Å²) in [5, 5.41) is 4.04. The number of likely N-dealkylation sites (tertiary alicyclic amines) is 1. The molecule has 2 rings (SSSR count). The second-order valence-corrected chi connectivity index (χ2v) is 6.17. The van der Waals surface area contributed by atoms with Gasteiger partial charge >= 0.3 is 0 Å². The molecule has 0 bridgehead atoms. The molecular weight excluding hydrogens is 260 g/mol. The van der Waals surface area contributed by atoms with Gasteiger partial charge < -0.3 is 10.2 Å². The lowest BCUT2D eigenvalue weighted by Gasteiger charge is -2.38. The van der Waals surface area contributed by atoms with E-state index in [4.69, 9.17) is 11.6 Å². The first-order valence-electron chi connectivity index (χ1n) is 6.96. The molecule has 0 saturated carbocycles. The summed E-state index contributed by atoms with van der Waals surface area (Å²) < 4.78 is 0. The van der Waals surface area contributed by atoms with Crippen LogP contribution in [-0.4, -0.2) is 41.5 Å². The smallest absolute Gasteiger partial charge is 0.137 e. The van der Waals surface area contributed by atoms with Crippen molar-refractivity contribution >= 4 is 17.4 Å². The molecule has 0 amide bonds. The summed E-state index contributed by atoms with van der Waals surface area (Å²) in [7, 11) is 2.19. The largest absolute Gasteiger partial charge is 0.369 e. The highest BCUT2D eigenvalue weighted by Crippen LogP contribution is 2.31. The number of halogens is 1. The van der Waals surface area contributed by atoms with Gasteiger partial charge in [0, 0.05) is 12.1 Å². The van der Waals surface area contributed by atoms with E-state index in [0.717, 1.165) is 24.3 Å². The van der Waals surface area contributed by atoms with Crippen molar-refractivity contribution in [3.8, 4) is 0 Å². The van der Waals surface area contributed by atoms with Crippen LogP contribution in [0, 0.1) is 5.41 Å². The maximum absolute atomic E-state index is 6.11. The van der Waals surface area contributed by atoms with Gasteiger partial charge in [0.1, 0.15) is 17.3 Å². The van der Waals surface area contributed by atoms with Gasteiger partial charge in [-0.15, -0.1) is 0 Å². The zero-order valence-electron chi connectivity index (χ0n) is 12.0. The first-order chi connectivity index (χ1) is 9.04. The second kappa shape index (κ2) is 6.06. The lowest BCUT2D eigenvalue weighted by molar-refractivity contribution is 0.150. The number of nitrogens with zero attached hydrogens (tertiary/aromatic N) is 3. The third-order valence-electron chi connectivity index (χ3n) is 4.12. The Morgan fingerprint density at radius 2 is 2.05 bits per heavy atom. The van der Waals surface area contributed by atoms with E-state index < -0.39 is 0 Å². The fraction of sp³-hybridized carbons (Fsp3) is 0.714. The minimum Gasteiger partial charge on any atom is -0.369 e. The van der Waals surface area contributed by atoms with E-state index in [9.17, 15) is 0 Å². The van der Waals surface area contributed by atoms with Gasteiger partial charge in [0.05, 0.1) is 0 Å². The first-order valence-corrected chi connectivity index (χ1v) is 7.34. The SMILES string of the molecule is CCc1c(Cl)ncnc1NCC1(C)CCN(C)CC1. The third kappa shape index (κ3) is 3.57. The van der Waals surface area contributed by atoms with Crippen LogP contribution >= 0.6 is 11.6 Å². The molecule has 0 aromatic carbocycles. The standard InChI is InChI=1S/C14H23ClN4/c1-4-11-12(15)17-10-18-13(11)16-9-14(2)5-7-19(3)8-6-14/h10H,4-9H2,1-3H3,(H,16,17,18). The number of rotatable bonds is 4. The molecule has 0 spiro atoms. The van der Waals surface area contributed by atoms with Gasteiger partial charge in [-0.25, -0.2) is 9.97 Å². The van der Waals surface area contributed by atoms with E-state index in [0.29, 0.717) is 10.6 Å². The molecule has 1 aliphatic heterocycles. The van der Waals surface area contributed by atoms with Crippen LogP contribution in [0.2, 0.25) is 5.15 Å². The Morgan fingerprint density at radius 3 is 2.68 bits per heavy atom. The van der Waals surface area contributed by atoms with Crippen molar-refractivity contribution in [3.05, 3.63) is 17.0 Å². The molecule has 1 aliphatic rings. The predicted octanol–water partition coefficient (Wildman–Crippen LogP) is 2.84. The van der Waals surface area contributed by atoms with E-state index in [1.807, 2.05) is 0 Å². The molecule has 0 radical (unpaired) electrons. The summed E-state index contributed by atoms with van der Waals surface area (Å²) in [6.07, 6.45) is 4.82. The molecule has 1 aromatic heterocycles. The predicted molar refractivity (Wildman–Crippen MR) is 79.7 cm³/mol. The summed E-state index contributed by atoms with van der Waals surface area (Å²) in [6.45, 7) is 7.71. The molecule has 1 fully saturated rings. The molecule has 106 valence electrons. The van der Waals surface area contributed by atoms with Gasteiger partial charge in [-0.2, -0.15) is 0 Å². The van der Waals surface area contributed by atoms with Crippen molar-refractivity contribution in [1.29, 1.82) is 0 Å². The quantitative estimate of drug-likeness (QED) is 0.862. The zero-order valence-corrected chi connectivity index (χ0v) is 12.8. The van der Waals surface area contributed by atoms with Gasteiger partial charge in [0.15, 0.2) is 0 Å². The van der Waals surface area contributed by atoms with E-state index >= 15 is 0 Å². The van der Waals surface area contributed by atoms with Crippen LogP contribution in [0.5, 0.6) is 0 Å². The van der Waals surface area contributed by atoms with Gasteiger partial charge in [0.2, 0.25) is 0 Å². The van der Waals surface area contributed by atoms with Crippen molar-refractivity contribution < 1.29 is 0 Å². The number of hydrogen-bond acceptors (Lipinski definition) is 4. The van der Waals surface area contributed by atoms with Crippen molar-refractivity contribution in [2.24, 2.45) is 5.41 Å². The molecule has 5 heteroatoms. The molecule has 0 unspecified atom stereocenters. The van der Waals surface area contributed by atoms with Crippen LogP contribution in [0.15, 0.2) is 6.33 Å². The highest BCUT2D eigenvalue weighted by molar-refractivity contribution is 6.30. The van der Waals surface area contributed by atoms with E-state index in [2.05, 4.69) is 41.1 Å². The maximum Gasteiger partial charge on any atom is 0.137 e. The summed E-state index contributed by atoms with van der Waals surface area (Å²) in [5.74, 6) is 0.891. The number of anilines is 1. The second-order valence-electron chi connectivity index (χ2n) is 5.81. The Bertz CT molecular complexity index is 427. The topological polar surface area (TPSA) is 41.1 Å². The Hall–Kier alpha value is -0.870. The molecule has 1 saturated heterocycles. The fourth-order valence-corrected chi connectivity index (χ4v) is 2.76. The summed E-state index contributed by atoms with van der Waals surface area (Å²) >= 11 is 6.11. The Balaban J connectivity index is 2.01. The Morgan fingerprint density at radius 1 is 1.37 bits per heavy atom. The average molecular weight is 283 g/mol.